The molecule has 0 spiro atoms. The first-order chi connectivity index (χ1) is 11.4. The molecule has 0 aliphatic heterocycles. The Morgan fingerprint density at radius 2 is 1.70 bits per heavy atom. The van der Waals surface area contributed by atoms with Gasteiger partial charge in [-0.3, -0.25) is 0 Å². The molecule has 0 saturated carbocycles. The molecule has 0 unspecified atom stereocenters. The number of benzene rings is 2. The maximum atomic E-state index is 4.69. The second kappa shape index (κ2) is 6.26. The highest BCUT2D eigenvalue weighted by atomic mass is 32.2. The van der Waals surface area contributed by atoms with E-state index in [4.69, 9.17) is 4.98 Å². The van der Waals surface area contributed by atoms with Gasteiger partial charge in [0.25, 0.3) is 0 Å². The Balaban J connectivity index is 1.49. The fourth-order valence-electron chi connectivity index (χ4n) is 2.44. The molecule has 4 aromatic rings. The van der Waals surface area contributed by atoms with E-state index >= 15 is 0 Å². The molecule has 0 aliphatic rings. The van der Waals surface area contributed by atoms with Gasteiger partial charge in [-0.15, -0.1) is 11.8 Å². The molecule has 0 radical (unpaired) electrons. The van der Waals surface area contributed by atoms with Crippen molar-refractivity contribution in [3.63, 3.8) is 0 Å². The van der Waals surface area contributed by atoms with Crippen LogP contribution in [0.15, 0.2) is 84.1 Å². The maximum absolute atomic E-state index is 4.69. The molecule has 4 heteroatoms. The van der Waals surface area contributed by atoms with E-state index in [0.29, 0.717) is 0 Å². The molecule has 3 nitrogen and oxygen atoms in total. The number of pyridine rings is 1. The molecule has 0 fully saturated rings. The lowest BCUT2D eigenvalue weighted by Gasteiger charge is -2.02. The summed E-state index contributed by atoms with van der Waals surface area (Å²) >= 11 is 1.73. The first-order valence-electron chi connectivity index (χ1n) is 7.46. The SMILES string of the molecule is c1ccc(-n2cc(CSc3ccc4ccccc4n3)cn2)cc1. The monoisotopic (exact) mass is 317 g/mol. The minimum absolute atomic E-state index is 0.859. The Morgan fingerprint density at radius 3 is 2.61 bits per heavy atom. The van der Waals surface area contributed by atoms with Gasteiger partial charge in [0.15, 0.2) is 0 Å². The Morgan fingerprint density at radius 1 is 0.870 bits per heavy atom. The molecule has 0 saturated heterocycles. The predicted molar refractivity (Wildman–Crippen MR) is 94.9 cm³/mol. The van der Waals surface area contributed by atoms with Gasteiger partial charge < -0.3 is 0 Å². The zero-order valence-corrected chi connectivity index (χ0v) is 13.3. The Hall–Kier alpha value is -2.59. The van der Waals surface area contributed by atoms with Gasteiger partial charge in [-0.05, 0) is 24.3 Å². The fourth-order valence-corrected chi connectivity index (χ4v) is 3.23. The van der Waals surface area contributed by atoms with E-state index in [-0.39, 0.29) is 0 Å². The van der Waals surface area contributed by atoms with Crippen LogP contribution in [0.25, 0.3) is 16.6 Å². The number of hydrogen-bond acceptors (Lipinski definition) is 3. The van der Waals surface area contributed by atoms with Crippen LogP contribution in [0.5, 0.6) is 0 Å². The van der Waals surface area contributed by atoms with Gasteiger partial charge in [0.2, 0.25) is 0 Å². The van der Waals surface area contributed by atoms with Crippen molar-refractivity contribution >= 4 is 22.7 Å². The number of hydrogen-bond donors (Lipinski definition) is 0. The zero-order chi connectivity index (χ0) is 15.5. The smallest absolute Gasteiger partial charge is 0.0970 e. The largest absolute Gasteiger partial charge is 0.241 e. The third kappa shape index (κ3) is 3.12. The van der Waals surface area contributed by atoms with Crippen molar-refractivity contribution in [3.8, 4) is 5.69 Å². The molecule has 0 amide bonds. The second-order valence-electron chi connectivity index (χ2n) is 5.26. The highest BCUT2D eigenvalue weighted by molar-refractivity contribution is 7.98. The minimum atomic E-state index is 0.859. The van der Waals surface area contributed by atoms with Crippen LogP contribution in [0.4, 0.5) is 0 Å². The highest BCUT2D eigenvalue weighted by Crippen LogP contribution is 2.23. The zero-order valence-electron chi connectivity index (χ0n) is 12.5. The number of nitrogens with zero attached hydrogens (tertiary/aromatic N) is 3. The molecule has 2 aromatic heterocycles. The molecular formula is C19H15N3S. The summed E-state index contributed by atoms with van der Waals surface area (Å²) in [6, 6.07) is 22.5. The molecular weight excluding hydrogens is 302 g/mol. The van der Waals surface area contributed by atoms with Crippen molar-refractivity contribution < 1.29 is 0 Å². The van der Waals surface area contributed by atoms with Crippen LogP contribution < -0.4 is 0 Å². The van der Waals surface area contributed by atoms with Crippen LogP contribution in [-0.2, 0) is 5.75 Å². The number of thioether (sulfide) groups is 1. The van der Waals surface area contributed by atoms with Crippen molar-refractivity contribution in [3.05, 3.63) is 84.7 Å². The minimum Gasteiger partial charge on any atom is -0.241 e. The van der Waals surface area contributed by atoms with E-state index in [0.717, 1.165) is 22.0 Å². The first kappa shape index (κ1) is 14.0. The summed E-state index contributed by atoms with van der Waals surface area (Å²) in [6.07, 6.45) is 3.99. The summed E-state index contributed by atoms with van der Waals surface area (Å²) in [6.45, 7) is 0. The molecule has 4 rings (SSSR count). The third-order valence-corrected chi connectivity index (χ3v) is 4.62. The molecule has 112 valence electrons. The standard InChI is InChI=1S/C19H15N3S/c1-2-7-17(8-3-1)22-13-15(12-20-22)14-23-19-11-10-16-6-4-5-9-18(16)21-19/h1-13H,14H2. The molecule has 2 heterocycles. The second-order valence-corrected chi connectivity index (χ2v) is 6.26. The molecule has 0 N–H and O–H groups in total. The first-order valence-corrected chi connectivity index (χ1v) is 8.45. The van der Waals surface area contributed by atoms with Crippen LogP contribution in [0.2, 0.25) is 0 Å². The Bertz CT molecular complexity index is 931. The summed E-state index contributed by atoms with van der Waals surface area (Å²) in [5.41, 5.74) is 3.30. The van der Waals surface area contributed by atoms with Gasteiger partial charge in [-0.2, -0.15) is 5.10 Å². The van der Waals surface area contributed by atoms with Crippen LogP contribution in [0.3, 0.4) is 0 Å². The number of fused-ring (bicyclic) bond motifs is 1. The quantitative estimate of drug-likeness (QED) is 0.511. The van der Waals surface area contributed by atoms with Gasteiger partial charge in [0.1, 0.15) is 0 Å². The highest BCUT2D eigenvalue weighted by Gasteiger charge is 2.03. The van der Waals surface area contributed by atoms with Crippen LogP contribution in [-0.4, -0.2) is 14.8 Å². The van der Waals surface area contributed by atoms with E-state index in [1.54, 1.807) is 11.8 Å². The lowest BCUT2D eigenvalue weighted by Crippen LogP contribution is -1.92. The summed E-state index contributed by atoms with van der Waals surface area (Å²) in [5.74, 6) is 0.859. The van der Waals surface area contributed by atoms with E-state index < -0.39 is 0 Å². The van der Waals surface area contributed by atoms with Crippen molar-refractivity contribution in [2.45, 2.75) is 10.8 Å². The van der Waals surface area contributed by atoms with E-state index in [9.17, 15) is 0 Å². The van der Waals surface area contributed by atoms with Gasteiger partial charge in [-0.1, -0.05) is 42.5 Å². The van der Waals surface area contributed by atoms with Gasteiger partial charge in [0.05, 0.1) is 22.4 Å². The van der Waals surface area contributed by atoms with Crippen molar-refractivity contribution in [1.29, 1.82) is 0 Å². The average molecular weight is 317 g/mol. The topological polar surface area (TPSA) is 30.7 Å². The summed E-state index contributed by atoms with van der Waals surface area (Å²) in [4.78, 5) is 4.69. The molecule has 0 atom stereocenters. The summed E-state index contributed by atoms with van der Waals surface area (Å²) < 4.78 is 1.91. The van der Waals surface area contributed by atoms with Crippen molar-refractivity contribution in [2.75, 3.05) is 0 Å². The number of rotatable bonds is 4. The van der Waals surface area contributed by atoms with Gasteiger partial charge >= 0.3 is 0 Å². The van der Waals surface area contributed by atoms with E-state index in [1.807, 2.05) is 47.3 Å². The van der Waals surface area contributed by atoms with E-state index in [2.05, 4.69) is 41.6 Å². The lowest BCUT2D eigenvalue weighted by molar-refractivity contribution is 0.880. The van der Waals surface area contributed by atoms with Crippen molar-refractivity contribution in [1.82, 2.24) is 14.8 Å². The van der Waals surface area contributed by atoms with E-state index in [1.165, 1.54) is 10.9 Å². The maximum Gasteiger partial charge on any atom is 0.0970 e. The number of para-hydroxylation sites is 2. The summed E-state index contributed by atoms with van der Waals surface area (Å²) in [5, 5.41) is 6.64. The molecule has 0 bridgehead atoms. The normalized spacial score (nSPS) is 11.0. The Kier molecular flexibility index (Phi) is 3.82. The third-order valence-electron chi connectivity index (χ3n) is 3.62. The Labute approximate surface area is 139 Å². The lowest BCUT2D eigenvalue weighted by atomic mass is 10.2. The van der Waals surface area contributed by atoms with Crippen LogP contribution >= 0.6 is 11.8 Å². The van der Waals surface area contributed by atoms with Gasteiger partial charge in [-0.25, -0.2) is 9.67 Å². The predicted octanol–water partition coefficient (Wildman–Crippen LogP) is 4.71. The summed E-state index contributed by atoms with van der Waals surface area (Å²) in [7, 11) is 0. The fraction of sp³-hybridized carbons (Fsp3) is 0.0526. The van der Waals surface area contributed by atoms with Crippen LogP contribution in [0, 0.1) is 0 Å². The average Bonchev–Trinajstić information content (AvgIpc) is 3.10. The number of aromatic nitrogens is 3. The molecule has 23 heavy (non-hydrogen) atoms. The van der Waals surface area contributed by atoms with Gasteiger partial charge in [0, 0.05) is 22.9 Å². The molecule has 0 aliphatic carbocycles. The molecule has 2 aromatic carbocycles. The van der Waals surface area contributed by atoms with Crippen LogP contribution in [0.1, 0.15) is 5.56 Å². The van der Waals surface area contributed by atoms with Crippen molar-refractivity contribution in [2.24, 2.45) is 0 Å².